The summed E-state index contributed by atoms with van der Waals surface area (Å²) >= 11 is 1.80. The van der Waals surface area contributed by atoms with Gasteiger partial charge in [0.2, 0.25) is 0 Å². The van der Waals surface area contributed by atoms with Gasteiger partial charge in [0.25, 0.3) is 0 Å². The van der Waals surface area contributed by atoms with E-state index in [9.17, 15) is 0 Å². The van der Waals surface area contributed by atoms with Gasteiger partial charge < -0.3 is 5.32 Å². The van der Waals surface area contributed by atoms with Crippen molar-refractivity contribution in [3.8, 4) is 0 Å². The molecule has 0 saturated carbocycles. The van der Waals surface area contributed by atoms with E-state index in [2.05, 4.69) is 55.2 Å². The number of aryl methyl sites for hydroxylation is 1. The summed E-state index contributed by atoms with van der Waals surface area (Å²) in [7, 11) is 0. The lowest BCUT2D eigenvalue weighted by atomic mass is 9.90. The molecule has 4 heteroatoms. The Bertz CT molecular complexity index is 429. The molecule has 0 radical (unpaired) electrons. The second kappa shape index (κ2) is 6.54. The Morgan fingerprint density at radius 1 is 1.55 bits per heavy atom. The Morgan fingerprint density at radius 3 is 2.85 bits per heavy atom. The summed E-state index contributed by atoms with van der Waals surface area (Å²) in [6.07, 6.45) is 2.44. The molecule has 3 nitrogen and oxygen atoms in total. The van der Waals surface area contributed by atoms with Crippen LogP contribution in [0.5, 0.6) is 0 Å². The van der Waals surface area contributed by atoms with Crippen LogP contribution >= 0.6 is 11.3 Å². The van der Waals surface area contributed by atoms with Gasteiger partial charge in [-0.3, -0.25) is 4.90 Å². The molecule has 1 aliphatic heterocycles. The van der Waals surface area contributed by atoms with Crippen molar-refractivity contribution in [2.45, 2.75) is 65.6 Å². The Labute approximate surface area is 127 Å². The third-order valence-electron chi connectivity index (χ3n) is 4.49. The first-order chi connectivity index (χ1) is 9.43. The fraction of sp³-hybridized carbons (Fsp3) is 0.812. The molecule has 1 aromatic heterocycles. The summed E-state index contributed by atoms with van der Waals surface area (Å²) in [6.45, 7) is 14.6. The molecule has 0 aliphatic carbocycles. The van der Waals surface area contributed by atoms with Crippen LogP contribution in [0.15, 0.2) is 5.38 Å². The molecule has 1 saturated heterocycles. The molecule has 114 valence electrons. The zero-order chi connectivity index (χ0) is 14.8. The monoisotopic (exact) mass is 295 g/mol. The fourth-order valence-electron chi connectivity index (χ4n) is 3.00. The lowest BCUT2D eigenvalue weighted by Gasteiger charge is -2.48. The lowest BCUT2D eigenvalue weighted by molar-refractivity contribution is 0.0371. The Morgan fingerprint density at radius 2 is 2.30 bits per heavy atom. The maximum atomic E-state index is 4.65. The average molecular weight is 295 g/mol. The molecule has 1 aromatic rings. The van der Waals surface area contributed by atoms with E-state index in [0.717, 1.165) is 31.2 Å². The highest BCUT2D eigenvalue weighted by Gasteiger charge is 2.36. The van der Waals surface area contributed by atoms with Crippen molar-refractivity contribution in [3.63, 3.8) is 0 Å². The molecule has 2 atom stereocenters. The average Bonchev–Trinajstić information content (AvgIpc) is 2.79. The van der Waals surface area contributed by atoms with E-state index >= 15 is 0 Å². The van der Waals surface area contributed by atoms with Crippen molar-refractivity contribution >= 4 is 11.3 Å². The molecule has 1 aliphatic rings. The molecule has 0 spiro atoms. The van der Waals surface area contributed by atoms with E-state index in [1.54, 1.807) is 11.3 Å². The van der Waals surface area contributed by atoms with Gasteiger partial charge in [0, 0.05) is 35.7 Å². The summed E-state index contributed by atoms with van der Waals surface area (Å²) < 4.78 is 0. The second-order valence-electron chi connectivity index (χ2n) is 6.82. The first-order valence-electron chi connectivity index (χ1n) is 7.82. The minimum absolute atomic E-state index is 0.257. The zero-order valence-electron chi connectivity index (χ0n) is 13.6. The van der Waals surface area contributed by atoms with E-state index in [1.165, 1.54) is 17.8 Å². The van der Waals surface area contributed by atoms with Crippen molar-refractivity contribution in [3.05, 3.63) is 16.1 Å². The van der Waals surface area contributed by atoms with Crippen LogP contribution in [0, 0.1) is 12.8 Å². The number of piperazine rings is 1. The lowest BCUT2D eigenvalue weighted by Crippen LogP contribution is -2.62. The molecular weight excluding hydrogens is 266 g/mol. The highest BCUT2D eigenvalue weighted by molar-refractivity contribution is 7.09. The smallest absolute Gasteiger partial charge is 0.107 e. The maximum absolute atomic E-state index is 4.65. The molecule has 0 amide bonds. The van der Waals surface area contributed by atoms with Crippen LogP contribution in [-0.4, -0.2) is 34.6 Å². The summed E-state index contributed by atoms with van der Waals surface area (Å²) in [5, 5.41) is 7.17. The Balaban J connectivity index is 2.07. The largest absolute Gasteiger partial charge is 0.311 e. The van der Waals surface area contributed by atoms with Gasteiger partial charge in [-0.15, -0.1) is 11.3 Å². The number of nitrogens with zero attached hydrogens (tertiary/aromatic N) is 2. The summed E-state index contributed by atoms with van der Waals surface area (Å²) in [6, 6.07) is 0.621. The number of hydrogen-bond donors (Lipinski definition) is 1. The topological polar surface area (TPSA) is 28.2 Å². The number of nitrogens with one attached hydrogen (secondary N) is 1. The third-order valence-corrected chi connectivity index (χ3v) is 5.44. The van der Waals surface area contributed by atoms with Crippen molar-refractivity contribution in [2.24, 2.45) is 5.92 Å². The van der Waals surface area contributed by atoms with E-state index in [1.807, 2.05) is 0 Å². The normalized spacial score (nSPS) is 28.2. The van der Waals surface area contributed by atoms with Crippen molar-refractivity contribution in [1.82, 2.24) is 15.2 Å². The molecule has 1 N–H and O–H groups in total. The standard InChI is InChI=1S/C16H29N3S/c1-6-16(5)11-17-14(7-12(2)3)8-19(16)9-15-18-13(4)10-20-15/h10,12,14,17H,6-9,11H2,1-5H3. The van der Waals surface area contributed by atoms with Crippen molar-refractivity contribution in [2.75, 3.05) is 13.1 Å². The molecule has 2 unspecified atom stereocenters. The molecular formula is C16H29N3S. The van der Waals surface area contributed by atoms with Crippen LogP contribution < -0.4 is 5.32 Å². The van der Waals surface area contributed by atoms with Crippen LogP contribution in [0.2, 0.25) is 0 Å². The number of rotatable bonds is 5. The number of aromatic nitrogens is 1. The first kappa shape index (κ1) is 15.9. The predicted octanol–water partition coefficient (Wildman–Crippen LogP) is 3.44. The minimum Gasteiger partial charge on any atom is -0.311 e. The summed E-state index contributed by atoms with van der Waals surface area (Å²) in [4.78, 5) is 7.29. The molecule has 0 bridgehead atoms. The van der Waals surface area contributed by atoms with Crippen LogP contribution in [-0.2, 0) is 6.54 Å². The van der Waals surface area contributed by atoms with Gasteiger partial charge >= 0.3 is 0 Å². The quantitative estimate of drug-likeness (QED) is 0.902. The van der Waals surface area contributed by atoms with Gasteiger partial charge in [0.05, 0.1) is 6.54 Å². The van der Waals surface area contributed by atoms with Crippen LogP contribution in [0.4, 0.5) is 0 Å². The number of hydrogen-bond acceptors (Lipinski definition) is 4. The molecule has 2 rings (SSSR count). The highest BCUT2D eigenvalue weighted by Crippen LogP contribution is 2.27. The van der Waals surface area contributed by atoms with Crippen molar-refractivity contribution in [1.29, 1.82) is 0 Å². The maximum Gasteiger partial charge on any atom is 0.107 e. The third kappa shape index (κ3) is 3.80. The van der Waals surface area contributed by atoms with Gasteiger partial charge in [0.1, 0.15) is 5.01 Å². The van der Waals surface area contributed by atoms with E-state index < -0.39 is 0 Å². The van der Waals surface area contributed by atoms with Crippen molar-refractivity contribution < 1.29 is 0 Å². The SMILES string of the molecule is CCC1(C)CNC(CC(C)C)CN1Cc1nc(C)cs1. The van der Waals surface area contributed by atoms with Gasteiger partial charge in [0.15, 0.2) is 0 Å². The van der Waals surface area contributed by atoms with Crippen LogP contribution in [0.25, 0.3) is 0 Å². The van der Waals surface area contributed by atoms with Gasteiger partial charge in [-0.25, -0.2) is 4.98 Å². The minimum atomic E-state index is 0.257. The Kier molecular flexibility index (Phi) is 5.21. The van der Waals surface area contributed by atoms with E-state index in [-0.39, 0.29) is 5.54 Å². The molecule has 1 fully saturated rings. The predicted molar refractivity (Wildman–Crippen MR) is 87.2 cm³/mol. The highest BCUT2D eigenvalue weighted by atomic mass is 32.1. The van der Waals surface area contributed by atoms with E-state index in [0.29, 0.717) is 6.04 Å². The summed E-state index contributed by atoms with van der Waals surface area (Å²) in [5.41, 5.74) is 1.41. The van der Waals surface area contributed by atoms with Crippen LogP contribution in [0.3, 0.4) is 0 Å². The van der Waals surface area contributed by atoms with Gasteiger partial charge in [-0.1, -0.05) is 20.8 Å². The fourth-order valence-corrected chi connectivity index (χ4v) is 3.78. The van der Waals surface area contributed by atoms with E-state index in [4.69, 9.17) is 0 Å². The molecule has 2 heterocycles. The zero-order valence-corrected chi connectivity index (χ0v) is 14.4. The Hall–Kier alpha value is -0.450. The summed E-state index contributed by atoms with van der Waals surface area (Å²) in [5.74, 6) is 0.752. The van der Waals surface area contributed by atoms with Gasteiger partial charge in [-0.05, 0) is 32.6 Å². The second-order valence-corrected chi connectivity index (χ2v) is 7.76. The molecule has 20 heavy (non-hydrogen) atoms. The molecule has 0 aromatic carbocycles. The first-order valence-corrected chi connectivity index (χ1v) is 8.70. The van der Waals surface area contributed by atoms with Gasteiger partial charge in [-0.2, -0.15) is 0 Å². The van der Waals surface area contributed by atoms with Crippen LogP contribution in [0.1, 0.15) is 51.2 Å². The number of thiazole rings is 1.